The maximum atomic E-state index is 12.9. The average molecular weight is 356 g/mol. The van der Waals surface area contributed by atoms with E-state index in [2.05, 4.69) is 10.6 Å². The number of anilines is 1. The quantitative estimate of drug-likeness (QED) is 0.808. The van der Waals surface area contributed by atoms with Crippen molar-refractivity contribution in [2.75, 3.05) is 12.1 Å². The van der Waals surface area contributed by atoms with Gasteiger partial charge in [0.25, 0.3) is 0 Å². The van der Waals surface area contributed by atoms with Crippen LogP contribution in [0.5, 0.6) is 11.5 Å². The number of rotatable bonds is 5. The van der Waals surface area contributed by atoms with E-state index in [0.717, 1.165) is 5.56 Å². The van der Waals surface area contributed by atoms with Gasteiger partial charge in [-0.25, -0.2) is 4.39 Å². The minimum Gasteiger partial charge on any atom is -0.454 e. The van der Waals surface area contributed by atoms with Crippen molar-refractivity contribution >= 4 is 17.5 Å². The Balaban J connectivity index is 1.37. The maximum Gasteiger partial charge on any atom is 0.240 e. The molecule has 0 aromatic heterocycles. The molecule has 2 amide bonds. The van der Waals surface area contributed by atoms with Crippen LogP contribution >= 0.6 is 0 Å². The summed E-state index contributed by atoms with van der Waals surface area (Å²) in [6, 6.07) is 10.9. The number of benzene rings is 2. The van der Waals surface area contributed by atoms with Gasteiger partial charge >= 0.3 is 0 Å². The predicted molar refractivity (Wildman–Crippen MR) is 91.1 cm³/mol. The highest BCUT2D eigenvalue weighted by atomic mass is 19.1. The number of carbonyl (C=O) groups excluding carboxylic acids is 2. The third-order valence-electron chi connectivity index (χ3n) is 4.61. The van der Waals surface area contributed by atoms with E-state index in [1.165, 1.54) is 24.3 Å². The third-order valence-corrected chi connectivity index (χ3v) is 4.61. The summed E-state index contributed by atoms with van der Waals surface area (Å²) in [4.78, 5) is 25.0. The van der Waals surface area contributed by atoms with Gasteiger partial charge in [0.1, 0.15) is 11.2 Å². The zero-order chi connectivity index (χ0) is 18.1. The summed E-state index contributed by atoms with van der Waals surface area (Å²) in [6.07, 6.45) is 0.986. The smallest absolute Gasteiger partial charge is 0.240 e. The molecule has 1 aliphatic heterocycles. The van der Waals surface area contributed by atoms with Crippen molar-refractivity contribution in [1.29, 1.82) is 0 Å². The molecule has 6 nitrogen and oxygen atoms in total. The second-order valence-corrected chi connectivity index (χ2v) is 6.41. The number of ether oxygens (including phenoxy) is 2. The molecule has 0 atom stereocenters. The van der Waals surface area contributed by atoms with Gasteiger partial charge in [0.15, 0.2) is 11.5 Å². The molecule has 0 unspecified atom stereocenters. The van der Waals surface area contributed by atoms with Crippen LogP contribution in [0.3, 0.4) is 0 Å². The Kier molecular flexibility index (Phi) is 3.99. The van der Waals surface area contributed by atoms with Crippen molar-refractivity contribution in [3.05, 3.63) is 53.8 Å². The molecular weight excluding hydrogens is 339 g/mol. The van der Waals surface area contributed by atoms with Crippen molar-refractivity contribution < 1.29 is 23.5 Å². The predicted octanol–water partition coefficient (Wildman–Crippen LogP) is 2.59. The van der Waals surface area contributed by atoms with Crippen LogP contribution < -0.4 is 20.1 Å². The Bertz CT molecular complexity index is 862. The molecule has 4 rings (SSSR count). The number of amides is 2. The highest BCUT2D eigenvalue weighted by Crippen LogP contribution is 2.47. The van der Waals surface area contributed by atoms with Crippen LogP contribution in [-0.4, -0.2) is 18.6 Å². The van der Waals surface area contributed by atoms with E-state index in [9.17, 15) is 14.0 Å². The number of carbonyl (C=O) groups is 2. The highest BCUT2D eigenvalue weighted by Gasteiger charge is 2.56. The monoisotopic (exact) mass is 356 g/mol. The lowest BCUT2D eigenvalue weighted by atomic mass is 10.0. The van der Waals surface area contributed by atoms with E-state index in [1.54, 1.807) is 12.1 Å². The Labute approximate surface area is 149 Å². The first kappa shape index (κ1) is 16.4. The molecule has 1 heterocycles. The molecule has 0 bridgehead atoms. The molecule has 2 aromatic rings. The largest absolute Gasteiger partial charge is 0.454 e. The number of halogens is 1. The molecule has 2 aliphatic rings. The topological polar surface area (TPSA) is 76.7 Å². The highest BCUT2D eigenvalue weighted by molar-refractivity contribution is 6.13. The molecule has 7 heteroatoms. The summed E-state index contributed by atoms with van der Waals surface area (Å²) >= 11 is 0. The molecule has 134 valence electrons. The zero-order valence-corrected chi connectivity index (χ0v) is 13.9. The van der Waals surface area contributed by atoms with Crippen LogP contribution in [-0.2, 0) is 16.1 Å². The van der Waals surface area contributed by atoms with Crippen LogP contribution in [0.2, 0.25) is 0 Å². The van der Waals surface area contributed by atoms with Gasteiger partial charge in [-0.05, 0) is 54.8 Å². The van der Waals surface area contributed by atoms with Gasteiger partial charge < -0.3 is 20.1 Å². The molecule has 0 saturated heterocycles. The van der Waals surface area contributed by atoms with Crippen molar-refractivity contribution in [3.63, 3.8) is 0 Å². The molecule has 26 heavy (non-hydrogen) atoms. The van der Waals surface area contributed by atoms with Crippen molar-refractivity contribution in [3.8, 4) is 11.5 Å². The van der Waals surface area contributed by atoms with Gasteiger partial charge in [0.2, 0.25) is 18.6 Å². The lowest BCUT2D eigenvalue weighted by molar-refractivity contribution is -0.134. The zero-order valence-electron chi connectivity index (χ0n) is 13.9. The summed E-state index contributed by atoms with van der Waals surface area (Å²) < 4.78 is 23.5. The first-order valence-electron chi connectivity index (χ1n) is 8.31. The first-order valence-corrected chi connectivity index (χ1v) is 8.31. The molecule has 1 fully saturated rings. The fourth-order valence-electron chi connectivity index (χ4n) is 2.87. The number of nitrogens with one attached hydrogen (secondary N) is 2. The lowest BCUT2D eigenvalue weighted by Gasteiger charge is -2.15. The SMILES string of the molecule is O=C(NCc1ccc2c(c1)OCO2)C1(C(=O)Nc2ccc(F)cc2)CC1. The van der Waals surface area contributed by atoms with Gasteiger partial charge in [0.05, 0.1) is 0 Å². The third kappa shape index (κ3) is 3.08. The Morgan fingerprint density at radius 2 is 1.73 bits per heavy atom. The lowest BCUT2D eigenvalue weighted by Crippen LogP contribution is -2.39. The van der Waals surface area contributed by atoms with Crippen LogP contribution in [0, 0.1) is 11.2 Å². The fraction of sp³-hybridized carbons (Fsp3) is 0.263. The van der Waals surface area contributed by atoms with E-state index < -0.39 is 5.41 Å². The van der Waals surface area contributed by atoms with E-state index in [1.807, 2.05) is 6.07 Å². The average Bonchev–Trinajstić information content (AvgIpc) is 3.33. The summed E-state index contributed by atoms with van der Waals surface area (Å²) in [5, 5.41) is 5.49. The van der Waals surface area contributed by atoms with Gasteiger partial charge in [-0.15, -0.1) is 0 Å². The second kappa shape index (κ2) is 6.33. The minimum atomic E-state index is -1.05. The van der Waals surface area contributed by atoms with E-state index >= 15 is 0 Å². The maximum absolute atomic E-state index is 12.9. The Morgan fingerprint density at radius 3 is 2.46 bits per heavy atom. The molecule has 0 radical (unpaired) electrons. The van der Waals surface area contributed by atoms with Gasteiger partial charge in [-0.2, -0.15) is 0 Å². The van der Waals surface area contributed by atoms with Crippen LogP contribution in [0.1, 0.15) is 18.4 Å². The molecule has 0 spiro atoms. The van der Waals surface area contributed by atoms with Crippen molar-refractivity contribution in [2.24, 2.45) is 5.41 Å². The van der Waals surface area contributed by atoms with Gasteiger partial charge in [0, 0.05) is 12.2 Å². The number of hydrogen-bond donors (Lipinski definition) is 2. The number of hydrogen-bond acceptors (Lipinski definition) is 4. The Morgan fingerprint density at radius 1 is 1.00 bits per heavy atom. The van der Waals surface area contributed by atoms with E-state index in [0.29, 0.717) is 36.6 Å². The second-order valence-electron chi connectivity index (χ2n) is 6.41. The first-order chi connectivity index (χ1) is 12.6. The van der Waals surface area contributed by atoms with Gasteiger partial charge in [-0.3, -0.25) is 9.59 Å². The molecule has 1 aliphatic carbocycles. The molecule has 1 saturated carbocycles. The summed E-state index contributed by atoms with van der Waals surface area (Å²) in [5.74, 6) is 0.261. The van der Waals surface area contributed by atoms with Crippen LogP contribution in [0.4, 0.5) is 10.1 Å². The Hall–Kier alpha value is -3.09. The minimum absolute atomic E-state index is 0.192. The fourth-order valence-corrected chi connectivity index (χ4v) is 2.87. The number of fused-ring (bicyclic) bond motifs is 1. The van der Waals surface area contributed by atoms with Crippen molar-refractivity contribution in [1.82, 2.24) is 5.32 Å². The van der Waals surface area contributed by atoms with Crippen molar-refractivity contribution in [2.45, 2.75) is 19.4 Å². The van der Waals surface area contributed by atoms with E-state index in [-0.39, 0.29) is 24.4 Å². The van der Waals surface area contributed by atoms with Gasteiger partial charge in [-0.1, -0.05) is 6.07 Å². The van der Waals surface area contributed by atoms with E-state index in [4.69, 9.17) is 9.47 Å². The normalized spacial score (nSPS) is 16.0. The van der Waals surface area contributed by atoms with Crippen LogP contribution in [0.25, 0.3) is 0 Å². The molecule has 2 aromatic carbocycles. The summed E-state index contributed by atoms with van der Waals surface area (Å²) in [7, 11) is 0. The molecular formula is C19H17FN2O4. The summed E-state index contributed by atoms with van der Waals surface area (Å²) in [6.45, 7) is 0.485. The molecule has 2 N–H and O–H groups in total. The standard InChI is InChI=1S/C19H17FN2O4/c20-13-2-4-14(5-3-13)22-18(24)19(7-8-19)17(23)21-10-12-1-6-15-16(9-12)26-11-25-15/h1-6,9H,7-8,10-11H2,(H,21,23)(H,22,24). The van der Waals surface area contributed by atoms with Crippen LogP contribution in [0.15, 0.2) is 42.5 Å². The summed E-state index contributed by atoms with van der Waals surface area (Å²) in [5.41, 5.74) is 0.272.